The number of aryl methyl sites for hydroxylation is 1. The van der Waals surface area contributed by atoms with E-state index in [0.717, 1.165) is 41.3 Å². The molecule has 0 aliphatic carbocycles. The van der Waals surface area contributed by atoms with Crippen molar-refractivity contribution in [2.45, 2.75) is 32.2 Å². The fraction of sp³-hybridized carbons (Fsp3) is 0.389. The summed E-state index contributed by atoms with van der Waals surface area (Å²) in [4.78, 5) is 11.9. The van der Waals surface area contributed by atoms with Crippen molar-refractivity contribution < 1.29 is 0 Å². The van der Waals surface area contributed by atoms with E-state index in [4.69, 9.17) is 11.6 Å². The molecular formula is C18H20ClN3S. The van der Waals surface area contributed by atoms with Crippen LogP contribution in [-0.2, 0) is 6.54 Å². The summed E-state index contributed by atoms with van der Waals surface area (Å²) < 4.78 is 0. The zero-order chi connectivity index (χ0) is 15.8. The maximum Gasteiger partial charge on any atom is 0.0971 e. The number of piperidine rings is 1. The largest absolute Gasteiger partial charge is 0.356 e. The maximum atomic E-state index is 6.56. The molecule has 4 rings (SSSR count). The van der Waals surface area contributed by atoms with Crippen molar-refractivity contribution in [1.29, 1.82) is 0 Å². The highest BCUT2D eigenvalue weighted by Crippen LogP contribution is 2.32. The van der Waals surface area contributed by atoms with Gasteiger partial charge in [-0.05, 0) is 32.4 Å². The third-order valence-corrected chi connectivity index (χ3v) is 6.10. The van der Waals surface area contributed by atoms with Gasteiger partial charge in [-0.3, -0.25) is 4.90 Å². The van der Waals surface area contributed by atoms with Crippen molar-refractivity contribution in [3.05, 3.63) is 51.1 Å². The maximum absolute atomic E-state index is 6.56. The predicted octanol–water partition coefficient (Wildman–Crippen LogP) is 4.97. The van der Waals surface area contributed by atoms with Gasteiger partial charge in [0.25, 0.3) is 0 Å². The van der Waals surface area contributed by atoms with Crippen LogP contribution in [0.15, 0.2) is 30.5 Å². The first-order chi connectivity index (χ1) is 11.2. The van der Waals surface area contributed by atoms with Gasteiger partial charge < -0.3 is 4.98 Å². The SMILES string of the molecule is Cc1cnc(C2CCCN(Cc3[nH]c4ccccc4c3Cl)C2)s1. The first kappa shape index (κ1) is 15.2. The summed E-state index contributed by atoms with van der Waals surface area (Å²) in [5.74, 6) is 0.561. The molecule has 0 bridgehead atoms. The van der Waals surface area contributed by atoms with Crippen LogP contribution in [0.4, 0.5) is 0 Å². The van der Waals surface area contributed by atoms with E-state index < -0.39 is 0 Å². The number of hydrogen-bond acceptors (Lipinski definition) is 3. The molecule has 0 radical (unpaired) electrons. The molecule has 5 heteroatoms. The predicted molar refractivity (Wildman–Crippen MR) is 97.4 cm³/mol. The van der Waals surface area contributed by atoms with Gasteiger partial charge >= 0.3 is 0 Å². The highest BCUT2D eigenvalue weighted by Gasteiger charge is 2.24. The Hall–Kier alpha value is -1.36. The van der Waals surface area contributed by atoms with Crippen LogP contribution >= 0.6 is 22.9 Å². The Bertz CT molecular complexity index is 823. The van der Waals surface area contributed by atoms with E-state index in [1.54, 1.807) is 0 Å². The van der Waals surface area contributed by atoms with E-state index >= 15 is 0 Å². The molecule has 1 atom stereocenters. The molecule has 0 saturated carbocycles. The van der Waals surface area contributed by atoms with Crippen LogP contribution < -0.4 is 0 Å². The van der Waals surface area contributed by atoms with Gasteiger partial charge in [0.15, 0.2) is 0 Å². The minimum absolute atomic E-state index is 0.561. The quantitative estimate of drug-likeness (QED) is 0.727. The van der Waals surface area contributed by atoms with E-state index in [-0.39, 0.29) is 0 Å². The monoisotopic (exact) mass is 345 g/mol. The Kier molecular flexibility index (Phi) is 4.14. The Labute approximate surface area is 145 Å². The van der Waals surface area contributed by atoms with Crippen LogP contribution in [0.2, 0.25) is 5.02 Å². The van der Waals surface area contributed by atoms with Gasteiger partial charge in [0.2, 0.25) is 0 Å². The minimum atomic E-state index is 0.561. The van der Waals surface area contributed by atoms with Crippen LogP contribution in [0.5, 0.6) is 0 Å². The number of rotatable bonds is 3. The molecule has 1 aromatic carbocycles. The zero-order valence-corrected chi connectivity index (χ0v) is 14.8. The Morgan fingerprint density at radius 3 is 3.04 bits per heavy atom. The molecule has 3 nitrogen and oxygen atoms in total. The van der Waals surface area contributed by atoms with E-state index in [0.29, 0.717) is 5.92 Å². The summed E-state index contributed by atoms with van der Waals surface area (Å²) in [5, 5.41) is 3.27. The van der Waals surface area contributed by atoms with Crippen LogP contribution in [0, 0.1) is 6.92 Å². The lowest BCUT2D eigenvalue weighted by Crippen LogP contribution is -2.34. The normalized spacial score (nSPS) is 19.5. The standard InChI is InChI=1S/C18H20ClN3S/c1-12-9-20-18(23-12)13-5-4-8-22(10-13)11-16-17(19)14-6-2-3-7-15(14)21-16/h2-3,6-7,9,13,21H,4-5,8,10-11H2,1H3. The number of H-pyrrole nitrogens is 1. The number of halogens is 1. The number of fused-ring (bicyclic) bond motifs is 1. The fourth-order valence-electron chi connectivity index (χ4n) is 3.46. The number of nitrogens with one attached hydrogen (secondary N) is 1. The smallest absolute Gasteiger partial charge is 0.0971 e. The lowest BCUT2D eigenvalue weighted by Gasteiger charge is -2.31. The second kappa shape index (κ2) is 6.27. The molecule has 1 aliphatic heterocycles. The van der Waals surface area contributed by atoms with Crippen molar-refractivity contribution in [1.82, 2.24) is 14.9 Å². The van der Waals surface area contributed by atoms with Gasteiger partial charge in [-0.1, -0.05) is 29.8 Å². The van der Waals surface area contributed by atoms with Crippen LogP contribution in [-0.4, -0.2) is 28.0 Å². The number of aromatic amines is 1. The topological polar surface area (TPSA) is 31.9 Å². The Morgan fingerprint density at radius 2 is 2.26 bits per heavy atom. The number of hydrogen-bond donors (Lipinski definition) is 1. The van der Waals surface area contributed by atoms with E-state index in [9.17, 15) is 0 Å². The van der Waals surface area contributed by atoms with Crippen molar-refractivity contribution in [3.63, 3.8) is 0 Å². The number of likely N-dealkylation sites (tertiary alicyclic amines) is 1. The lowest BCUT2D eigenvalue weighted by molar-refractivity contribution is 0.198. The molecule has 1 N–H and O–H groups in total. The van der Waals surface area contributed by atoms with E-state index in [1.165, 1.54) is 22.7 Å². The van der Waals surface area contributed by atoms with Crippen LogP contribution in [0.1, 0.15) is 34.3 Å². The van der Waals surface area contributed by atoms with Crippen molar-refractivity contribution >= 4 is 33.8 Å². The van der Waals surface area contributed by atoms with Crippen LogP contribution in [0.3, 0.4) is 0 Å². The Morgan fingerprint density at radius 1 is 1.39 bits per heavy atom. The molecule has 1 saturated heterocycles. The van der Waals surface area contributed by atoms with Gasteiger partial charge in [-0.15, -0.1) is 11.3 Å². The first-order valence-electron chi connectivity index (χ1n) is 8.10. The minimum Gasteiger partial charge on any atom is -0.356 e. The number of para-hydroxylation sites is 1. The molecule has 0 spiro atoms. The summed E-state index contributed by atoms with van der Waals surface area (Å²) in [6.45, 7) is 5.21. The average molecular weight is 346 g/mol. The zero-order valence-electron chi connectivity index (χ0n) is 13.2. The highest BCUT2D eigenvalue weighted by molar-refractivity contribution is 7.11. The van der Waals surface area contributed by atoms with Gasteiger partial charge in [0, 0.05) is 46.7 Å². The lowest BCUT2D eigenvalue weighted by atomic mass is 9.98. The summed E-state index contributed by atoms with van der Waals surface area (Å²) in [5.41, 5.74) is 2.25. The summed E-state index contributed by atoms with van der Waals surface area (Å²) in [7, 11) is 0. The number of aromatic nitrogens is 2. The molecule has 1 unspecified atom stereocenters. The van der Waals surface area contributed by atoms with Crippen molar-refractivity contribution in [3.8, 4) is 0 Å². The van der Waals surface area contributed by atoms with Gasteiger partial charge in [-0.2, -0.15) is 0 Å². The molecule has 2 aromatic heterocycles. The first-order valence-corrected chi connectivity index (χ1v) is 9.30. The molecule has 3 aromatic rings. The average Bonchev–Trinajstić information content (AvgIpc) is 3.13. The fourth-order valence-corrected chi connectivity index (χ4v) is 4.63. The molecule has 1 fully saturated rings. The summed E-state index contributed by atoms with van der Waals surface area (Å²) in [6, 6.07) is 8.24. The molecule has 3 heterocycles. The van der Waals surface area contributed by atoms with E-state index in [1.807, 2.05) is 29.7 Å². The highest BCUT2D eigenvalue weighted by atomic mass is 35.5. The van der Waals surface area contributed by atoms with E-state index in [2.05, 4.69) is 33.9 Å². The second-order valence-electron chi connectivity index (χ2n) is 6.35. The van der Waals surface area contributed by atoms with Gasteiger partial charge in [0.1, 0.15) is 0 Å². The molecule has 120 valence electrons. The third-order valence-electron chi connectivity index (χ3n) is 4.59. The van der Waals surface area contributed by atoms with Crippen LogP contribution in [0.25, 0.3) is 10.9 Å². The van der Waals surface area contributed by atoms with Crippen molar-refractivity contribution in [2.75, 3.05) is 13.1 Å². The molecular weight excluding hydrogens is 326 g/mol. The number of benzene rings is 1. The molecule has 1 aliphatic rings. The summed E-state index contributed by atoms with van der Waals surface area (Å²) in [6.07, 6.45) is 4.46. The molecule has 0 amide bonds. The van der Waals surface area contributed by atoms with Gasteiger partial charge in [-0.25, -0.2) is 4.98 Å². The Balaban J connectivity index is 1.52. The van der Waals surface area contributed by atoms with Crippen molar-refractivity contribution in [2.24, 2.45) is 0 Å². The van der Waals surface area contributed by atoms with Gasteiger partial charge in [0.05, 0.1) is 10.0 Å². The molecule has 23 heavy (non-hydrogen) atoms. The summed E-state index contributed by atoms with van der Waals surface area (Å²) >= 11 is 8.40. The number of thiazole rings is 1. The third kappa shape index (κ3) is 3.03. The number of nitrogens with zero attached hydrogens (tertiary/aromatic N) is 2. The second-order valence-corrected chi connectivity index (χ2v) is 7.99.